The molecule has 3 aliphatic heterocycles. The molecule has 298 valence electrons. The Balaban J connectivity index is 0.872. The number of nitrogens with two attached hydrogens (primary N) is 1. The van der Waals surface area contributed by atoms with Gasteiger partial charge in [-0.2, -0.15) is 5.10 Å². The lowest BCUT2D eigenvalue weighted by atomic mass is 10.0. The molecule has 59 heavy (non-hydrogen) atoms. The fraction of sp³-hybridized carbons (Fsp3) is 0.295. The van der Waals surface area contributed by atoms with Crippen molar-refractivity contribution in [1.29, 1.82) is 0 Å². The number of rotatable bonds is 13. The van der Waals surface area contributed by atoms with Crippen LogP contribution in [0.15, 0.2) is 96.2 Å². The van der Waals surface area contributed by atoms with Gasteiger partial charge in [-0.05, 0) is 87.1 Å². The Morgan fingerprint density at radius 3 is 2.49 bits per heavy atom. The molecule has 3 aliphatic rings. The molecule has 0 bridgehead atoms. The van der Waals surface area contributed by atoms with E-state index < -0.39 is 17.9 Å². The van der Waals surface area contributed by atoms with E-state index in [4.69, 9.17) is 15.6 Å². The number of ether oxygens (including phenoxy) is 1. The molecular formula is C44H41N9O6. The molecule has 2 aromatic heterocycles. The zero-order valence-electron chi connectivity index (χ0n) is 32.1. The number of likely N-dealkylation sites (tertiary alicyclic amines) is 1. The lowest BCUT2D eigenvalue weighted by Gasteiger charge is -2.34. The van der Waals surface area contributed by atoms with E-state index in [1.807, 2.05) is 59.3 Å². The van der Waals surface area contributed by atoms with Crippen LogP contribution in [0.25, 0.3) is 22.3 Å². The first kappa shape index (κ1) is 38.6. The predicted octanol–water partition coefficient (Wildman–Crippen LogP) is 5.67. The normalized spacial score (nSPS) is 17.6. The minimum Gasteiger partial charge on any atom is -0.457 e. The fourth-order valence-electron chi connectivity index (χ4n) is 8.14. The highest BCUT2D eigenvalue weighted by molar-refractivity contribution is 6.24. The van der Waals surface area contributed by atoms with Crippen LogP contribution in [0, 0.1) is 0 Å². The summed E-state index contributed by atoms with van der Waals surface area (Å²) in [5.74, 6) is 6.45. The number of fused-ring (bicyclic) bond motifs is 2. The Morgan fingerprint density at radius 1 is 0.898 bits per heavy atom. The SMILES string of the molecule is Nc1ncnc2c1c(-c1ccc(Oc3ccccc3)cc1)nn2[C@@H]1CCCN(C(=C=O)CCCCCNc2cccc3c2C(=O)N(C2CCC(=C=O)NC2=C=O)C3=O)C1. The number of benzene rings is 3. The van der Waals surface area contributed by atoms with Crippen LogP contribution >= 0.6 is 0 Å². The molecule has 5 heterocycles. The maximum Gasteiger partial charge on any atom is 0.264 e. The number of carbonyl (C=O) groups excluding carboxylic acids is 5. The van der Waals surface area contributed by atoms with E-state index >= 15 is 0 Å². The van der Waals surface area contributed by atoms with Crippen LogP contribution in [-0.2, 0) is 14.4 Å². The third kappa shape index (κ3) is 7.73. The zero-order valence-corrected chi connectivity index (χ0v) is 32.1. The van der Waals surface area contributed by atoms with Crippen LogP contribution < -0.4 is 21.1 Å². The molecule has 2 amide bonds. The van der Waals surface area contributed by atoms with E-state index in [1.165, 1.54) is 6.33 Å². The highest BCUT2D eigenvalue weighted by Crippen LogP contribution is 2.37. The number of amides is 2. The quantitative estimate of drug-likeness (QED) is 0.0751. The number of hydrogen-bond donors (Lipinski definition) is 3. The van der Waals surface area contributed by atoms with Gasteiger partial charge in [0.1, 0.15) is 58.6 Å². The maximum atomic E-state index is 13.6. The molecule has 0 spiro atoms. The van der Waals surface area contributed by atoms with Crippen LogP contribution in [0.5, 0.6) is 11.5 Å². The van der Waals surface area contributed by atoms with E-state index in [1.54, 1.807) is 30.1 Å². The summed E-state index contributed by atoms with van der Waals surface area (Å²) >= 11 is 0. The van der Waals surface area contributed by atoms with Gasteiger partial charge in [-0.3, -0.25) is 14.5 Å². The van der Waals surface area contributed by atoms with Crippen molar-refractivity contribution in [1.82, 2.24) is 34.9 Å². The fourth-order valence-corrected chi connectivity index (χ4v) is 8.14. The first-order chi connectivity index (χ1) is 28.9. The molecule has 2 saturated heterocycles. The number of carbonyl (C=O) groups is 2. The van der Waals surface area contributed by atoms with Crippen LogP contribution in [0.2, 0.25) is 0 Å². The molecule has 1 unspecified atom stereocenters. The van der Waals surface area contributed by atoms with E-state index in [-0.39, 0.29) is 41.4 Å². The summed E-state index contributed by atoms with van der Waals surface area (Å²) < 4.78 is 7.90. The summed E-state index contributed by atoms with van der Waals surface area (Å²) in [5, 5.41) is 11.7. The van der Waals surface area contributed by atoms with Gasteiger partial charge in [0.05, 0.1) is 34.3 Å². The van der Waals surface area contributed by atoms with E-state index in [0.29, 0.717) is 59.2 Å². The molecule has 5 aromatic rings. The molecule has 2 fully saturated rings. The number of anilines is 2. The van der Waals surface area contributed by atoms with E-state index in [2.05, 4.69) is 31.4 Å². The summed E-state index contributed by atoms with van der Waals surface area (Å²) in [7, 11) is 0. The number of para-hydroxylation sites is 1. The molecule has 15 heteroatoms. The van der Waals surface area contributed by atoms with Gasteiger partial charge in [0, 0.05) is 37.3 Å². The summed E-state index contributed by atoms with van der Waals surface area (Å²) in [6.45, 7) is 1.83. The molecule has 3 aromatic carbocycles. The number of piperidine rings is 2. The monoisotopic (exact) mass is 791 g/mol. The first-order valence-electron chi connectivity index (χ1n) is 19.7. The van der Waals surface area contributed by atoms with Crippen molar-refractivity contribution in [3.63, 3.8) is 0 Å². The predicted molar refractivity (Wildman–Crippen MR) is 219 cm³/mol. The lowest BCUT2D eigenvalue weighted by molar-refractivity contribution is 0.0593. The molecule has 4 N–H and O–H groups in total. The standard InChI is InChI=1S/C44H41N9O6/c45-41-39-40(28-15-18-33(19-16-28)59-32-11-4-1-5-12-32)50-53(42(39)48-27-47-41)30-10-8-22-51(23-30)31(25-55)9-3-2-6-21-46-35-14-7-13-34-38(35)44(58)52(43(34)57)37-20-17-29(24-54)49-36(37)26-56/h1,4-5,7,11-16,18-19,27,30,37,46,49H,2-3,6,8-10,17,20-23H2,(H2,45,47,48)/t30-,37?/m1/s1. The van der Waals surface area contributed by atoms with E-state index in [9.17, 15) is 24.0 Å². The van der Waals surface area contributed by atoms with Crippen molar-refractivity contribution < 1.29 is 28.7 Å². The van der Waals surface area contributed by atoms with Crippen molar-refractivity contribution in [2.24, 2.45) is 0 Å². The number of nitrogens with one attached hydrogen (secondary N) is 2. The van der Waals surface area contributed by atoms with Crippen molar-refractivity contribution in [3.05, 3.63) is 107 Å². The number of nitrogens with zero attached hydrogens (tertiary/aromatic N) is 6. The van der Waals surface area contributed by atoms with Crippen molar-refractivity contribution in [2.45, 2.75) is 63.5 Å². The topological polar surface area (TPSA) is 195 Å². The zero-order chi connectivity index (χ0) is 40.9. The van der Waals surface area contributed by atoms with Crippen molar-refractivity contribution in [3.8, 4) is 22.8 Å². The van der Waals surface area contributed by atoms with Gasteiger partial charge in [0.25, 0.3) is 11.8 Å². The maximum absolute atomic E-state index is 13.6. The second kappa shape index (κ2) is 17.1. The molecule has 2 atom stereocenters. The Kier molecular flexibility index (Phi) is 11.1. The van der Waals surface area contributed by atoms with Gasteiger partial charge in [-0.25, -0.2) is 29.0 Å². The average molecular weight is 792 g/mol. The molecule has 0 radical (unpaired) electrons. The largest absolute Gasteiger partial charge is 0.457 e. The van der Waals surface area contributed by atoms with Crippen molar-refractivity contribution >= 4 is 52.2 Å². The molecule has 0 aliphatic carbocycles. The number of imide groups is 1. The van der Waals surface area contributed by atoms with Gasteiger partial charge in [-0.15, -0.1) is 0 Å². The first-order valence-corrected chi connectivity index (χ1v) is 19.7. The highest BCUT2D eigenvalue weighted by atomic mass is 16.5. The molecule has 8 rings (SSSR count). The number of allylic oxidation sites excluding steroid dienone is 2. The van der Waals surface area contributed by atoms with Gasteiger partial charge < -0.3 is 26.0 Å². The summed E-state index contributed by atoms with van der Waals surface area (Å²) in [6.07, 6.45) is 6.46. The average Bonchev–Trinajstić information content (AvgIpc) is 3.79. The summed E-state index contributed by atoms with van der Waals surface area (Å²) in [4.78, 5) is 74.1. The Bertz CT molecular complexity index is 2570. The second-order valence-electron chi connectivity index (χ2n) is 14.7. The van der Waals surface area contributed by atoms with Crippen LogP contribution in [0.1, 0.15) is 78.1 Å². The van der Waals surface area contributed by atoms with Gasteiger partial charge in [0.2, 0.25) is 0 Å². The van der Waals surface area contributed by atoms with E-state index in [0.717, 1.165) is 54.9 Å². The number of aromatic nitrogens is 4. The second-order valence-corrected chi connectivity index (χ2v) is 14.7. The Labute approximate surface area is 339 Å². The molecule has 15 nitrogen and oxygen atoms in total. The van der Waals surface area contributed by atoms with Gasteiger partial charge >= 0.3 is 0 Å². The Hall–Kier alpha value is -7.30. The minimum atomic E-state index is -0.853. The smallest absolute Gasteiger partial charge is 0.264 e. The van der Waals surface area contributed by atoms with Crippen molar-refractivity contribution in [2.75, 3.05) is 30.7 Å². The number of unbranched alkanes of at least 4 members (excludes halogenated alkanes) is 2. The van der Waals surface area contributed by atoms with Gasteiger partial charge in [0.15, 0.2) is 5.65 Å². The van der Waals surface area contributed by atoms with Crippen LogP contribution in [0.3, 0.4) is 0 Å². The molecule has 0 saturated carbocycles. The lowest BCUT2D eigenvalue weighted by Crippen LogP contribution is -2.46. The van der Waals surface area contributed by atoms with Gasteiger partial charge in [-0.1, -0.05) is 30.7 Å². The highest BCUT2D eigenvalue weighted by Gasteiger charge is 2.44. The Morgan fingerprint density at radius 2 is 1.71 bits per heavy atom. The van der Waals surface area contributed by atoms with Crippen LogP contribution in [0.4, 0.5) is 11.5 Å². The summed E-state index contributed by atoms with van der Waals surface area (Å²) in [5.41, 5.74) is 10.4. The molecular weight excluding hydrogens is 751 g/mol. The number of nitrogen functional groups attached to an aromatic ring is 1. The minimum absolute atomic E-state index is 0.0426. The third-order valence-electron chi connectivity index (χ3n) is 11.1. The third-order valence-corrected chi connectivity index (χ3v) is 11.1. The van der Waals surface area contributed by atoms with Crippen LogP contribution in [-0.4, -0.2) is 84.9 Å². The number of hydrogen-bond acceptors (Lipinski definition) is 13. The summed E-state index contributed by atoms with van der Waals surface area (Å²) in [6, 6.07) is 21.4.